The summed E-state index contributed by atoms with van der Waals surface area (Å²) in [4.78, 5) is 22.1. The van der Waals surface area contributed by atoms with Crippen molar-refractivity contribution in [3.63, 3.8) is 0 Å². The van der Waals surface area contributed by atoms with Gasteiger partial charge >= 0.3 is 6.18 Å². The van der Waals surface area contributed by atoms with E-state index in [1.807, 2.05) is 0 Å². The zero-order valence-electron chi connectivity index (χ0n) is 17.6. The van der Waals surface area contributed by atoms with Crippen LogP contribution in [0.15, 0.2) is 71.9 Å². The van der Waals surface area contributed by atoms with Crippen LogP contribution in [0.2, 0.25) is 0 Å². The highest BCUT2D eigenvalue weighted by atomic mass is 19.4. The number of nitrogens with zero attached hydrogens (tertiary/aromatic N) is 5. The van der Waals surface area contributed by atoms with Crippen molar-refractivity contribution in [2.45, 2.75) is 12.3 Å². The van der Waals surface area contributed by atoms with E-state index < -0.39 is 23.9 Å². The van der Waals surface area contributed by atoms with E-state index in [4.69, 9.17) is 4.74 Å². The molecule has 1 aromatic carbocycles. The first-order valence-corrected chi connectivity index (χ1v) is 9.77. The number of benzene rings is 1. The number of rotatable bonds is 5. The van der Waals surface area contributed by atoms with E-state index in [0.717, 1.165) is 10.7 Å². The number of carbonyl (C=O) groups excluding carboxylic acids is 1. The molecule has 11 heteroatoms. The Hall–Kier alpha value is -4.15. The van der Waals surface area contributed by atoms with Gasteiger partial charge in [-0.15, -0.1) is 0 Å². The molecule has 3 aromatic rings. The van der Waals surface area contributed by atoms with Crippen LogP contribution in [0.5, 0.6) is 5.75 Å². The molecule has 1 aliphatic heterocycles. The number of alkyl halides is 3. The van der Waals surface area contributed by atoms with E-state index in [0.29, 0.717) is 16.9 Å². The van der Waals surface area contributed by atoms with Gasteiger partial charge in [0.15, 0.2) is 6.17 Å². The van der Waals surface area contributed by atoms with Crippen LogP contribution >= 0.6 is 0 Å². The number of pyridine rings is 1. The summed E-state index contributed by atoms with van der Waals surface area (Å²) in [7, 11) is 3.06. The molecule has 33 heavy (non-hydrogen) atoms. The van der Waals surface area contributed by atoms with Crippen LogP contribution < -0.4 is 10.1 Å². The van der Waals surface area contributed by atoms with Crippen molar-refractivity contribution in [2.75, 3.05) is 14.2 Å². The number of halogens is 3. The van der Waals surface area contributed by atoms with Crippen molar-refractivity contribution >= 4 is 12.1 Å². The van der Waals surface area contributed by atoms with Crippen LogP contribution in [0.4, 0.5) is 13.2 Å². The van der Waals surface area contributed by atoms with Crippen molar-refractivity contribution in [1.82, 2.24) is 25.0 Å². The molecule has 0 saturated carbocycles. The molecule has 1 atom stereocenters. The lowest BCUT2D eigenvalue weighted by Gasteiger charge is -2.29. The monoisotopic (exact) mass is 456 g/mol. The topological polar surface area (TPSA) is 84.6 Å². The van der Waals surface area contributed by atoms with Crippen LogP contribution in [-0.2, 0) is 6.18 Å². The minimum Gasteiger partial charge on any atom is -0.497 e. The number of nitrogens with one attached hydrogen (secondary N) is 1. The van der Waals surface area contributed by atoms with E-state index in [1.54, 1.807) is 43.4 Å². The average molecular weight is 456 g/mol. The minimum absolute atomic E-state index is 0.137. The lowest BCUT2D eigenvalue weighted by Crippen LogP contribution is -2.35. The maximum atomic E-state index is 13.7. The molecule has 0 radical (unpaired) electrons. The van der Waals surface area contributed by atoms with Gasteiger partial charge < -0.3 is 15.0 Å². The number of hydrogen-bond donors (Lipinski definition) is 1. The van der Waals surface area contributed by atoms with Gasteiger partial charge in [-0.05, 0) is 36.4 Å². The molecule has 1 N–H and O–H groups in total. The Morgan fingerprint density at radius 3 is 2.67 bits per heavy atom. The third-order valence-electron chi connectivity index (χ3n) is 4.90. The first kappa shape index (κ1) is 22.1. The van der Waals surface area contributed by atoms with Crippen LogP contribution in [0.1, 0.15) is 22.2 Å². The summed E-state index contributed by atoms with van der Waals surface area (Å²) in [5.41, 5.74) is 0.0157. The molecule has 3 heterocycles. The molecule has 4 rings (SSSR count). The van der Waals surface area contributed by atoms with Gasteiger partial charge in [0.1, 0.15) is 17.3 Å². The third kappa shape index (κ3) is 4.71. The van der Waals surface area contributed by atoms with E-state index in [-0.39, 0.29) is 11.5 Å². The Bertz CT molecular complexity index is 1220. The maximum absolute atomic E-state index is 13.7. The standard InChI is InChI=1S/C22H19F3N6O2/c1-30-13-19(28-21(32)14-5-3-7-16(9-14)33-2)27-12-20(30)31-18(22(23,24)25)10-17(29-31)15-6-4-8-26-11-15/h3-13,20H,1-2H3,(H,28,32). The van der Waals surface area contributed by atoms with Crippen LogP contribution in [0.25, 0.3) is 11.3 Å². The third-order valence-corrected chi connectivity index (χ3v) is 4.90. The van der Waals surface area contributed by atoms with Crippen molar-refractivity contribution in [2.24, 2.45) is 4.99 Å². The van der Waals surface area contributed by atoms with Crippen LogP contribution in [0.3, 0.4) is 0 Å². The normalized spacial score (nSPS) is 15.8. The van der Waals surface area contributed by atoms with Gasteiger partial charge in [0.05, 0.1) is 19.0 Å². The summed E-state index contributed by atoms with van der Waals surface area (Å²) < 4.78 is 47.2. The Labute approximate surface area is 187 Å². The SMILES string of the molecule is COc1cccc(C(=O)NC2=CN(C)C(n3nc(-c4cccnc4)cc3C(F)(F)F)C=N2)c1. The van der Waals surface area contributed by atoms with E-state index in [1.165, 1.54) is 36.8 Å². The maximum Gasteiger partial charge on any atom is 0.433 e. The van der Waals surface area contributed by atoms with Gasteiger partial charge in [-0.25, -0.2) is 9.67 Å². The molecule has 170 valence electrons. The summed E-state index contributed by atoms with van der Waals surface area (Å²) >= 11 is 0. The van der Waals surface area contributed by atoms with Crippen molar-refractivity contribution in [1.29, 1.82) is 0 Å². The molecule has 0 saturated heterocycles. The molecule has 8 nitrogen and oxygen atoms in total. The van der Waals surface area contributed by atoms with Crippen molar-refractivity contribution in [3.8, 4) is 17.0 Å². The van der Waals surface area contributed by atoms with E-state index in [9.17, 15) is 18.0 Å². The van der Waals surface area contributed by atoms with Gasteiger partial charge in [0.2, 0.25) is 0 Å². The van der Waals surface area contributed by atoms with Gasteiger partial charge in [0, 0.05) is 36.8 Å². The first-order chi connectivity index (χ1) is 15.8. The second kappa shape index (κ2) is 8.77. The lowest BCUT2D eigenvalue weighted by atomic mass is 10.2. The molecule has 0 bridgehead atoms. The molecule has 0 spiro atoms. The molecule has 0 aliphatic carbocycles. The quantitative estimate of drug-likeness (QED) is 0.633. The fourth-order valence-electron chi connectivity index (χ4n) is 3.27. The number of aromatic nitrogens is 3. The first-order valence-electron chi connectivity index (χ1n) is 9.77. The predicted octanol–water partition coefficient (Wildman–Crippen LogP) is 3.72. The molecule has 0 fully saturated rings. The molecule has 2 aromatic heterocycles. The van der Waals surface area contributed by atoms with E-state index >= 15 is 0 Å². The predicted molar refractivity (Wildman–Crippen MR) is 114 cm³/mol. The fourth-order valence-corrected chi connectivity index (χ4v) is 3.27. The van der Waals surface area contributed by atoms with Crippen molar-refractivity contribution < 1.29 is 22.7 Å². The smallest absolute Gasteiger partial charge is 0.433 e. The average Bonchev–Trinajstić information content (AvgIpc) is 3.26. The lowest BCUT2D eigenvalue weighted by molar-refractivity contribution is -0.145. The number of carbonyl (C=O) groups is 1. The van der Waals surface area contributed by atoms with Crippen LogP contribution in [0, 0.1) is 0 Å². The van der Waals surface area contributed by atoms with Gasteiger partial charge in [-0.1, -0.05) is 6.07 Å². The van der Waals surface area contributed by atoms with Gasteiger partial charge in [0.25, 0.3) is 5.91 Å². The second-order valence-electron chi connectivity index (χ2n) is 7.16. The molecular weight excluding hydrogens is 437 g/mol. The second-order valence-corrected chi connectivity index (χ2v) is 7.16. The summed E-state index contributed by atoms with van der Waals surface area (Å²) in [6.07, 6.45) is 0.109. The highest BCUT2D eigenvalue weighted by molar-refractivity contribution is 5.95. The number of ether oxygens (including phenoxy) is 1. The number of methoxy groups -OCH3 is 1. The largest absolute Gasteiger partial charge is 0.497 e. The minimum atomic E-state index is -4.63. The Kier molecular flexibility index (Phi) is 5.86. The van der Waals surface area contributed by atoms with Gasteiger partial charge in [-0.3, -0.25) is 9.78 Å². The number of aliphatic imine (C=N–C) groups is 1. The summed E-state index contributed by atoms with van der Waals surface area (Å²) in [5.74, 6) is 0.261. The zero-order chi connectivity index (χ0) is 23.6. The summed E-state index contributed by atoms with van der Waals surface area (Å²) in [5, 5.41) is 6.80. The Morgan fingerprint density at radius 1 is 1.18 bits per heavy atom. The summed E-state index contributed by atoms with van der Waals surface area (Å²) in [6, 6.07) is 10.8. The van der Waals surface area contributed by atoms with Gasteiger partial charge in [-0.2, -0.15) is 18.3 Å². The van der Waals surface area contributed by atoms with Crippen molar-refractivity contribution in [3.05, 3.63) is 78.1 Å². The highest BCUT2D eigenvalue weighted by Gasteiger charge is 2.38. The number of hydrogen-bond acceptors (Lipinski definition) is 6. The number of amides is 1. The fraction of sp³-hybridized carbons (Fsp3) is 0.182. The molecule has 1 amide bonds. The van der Waals surface area contributed by atoms with E-state index in [2.05, 4.69) is 20.4 Å². The van der Waals surface area contributed by atoms with Crippen LogP contribution in [-0.4, -0.2) is 45.9 Å². The Morgan fingerprint density at radius 2 is 2.00 bits per heavy atom. The molecule has 1 unspecified atom stereocenters. The summed E-state index contributed by atoms with van der Waals surface area (Å²) in [6.45, 7) is 0. The highest BCUT2D eigenvalue weighted by Crippen LogP contribution is 2.34. The molecular formula is C22H19F3N6O2. The zero-order valence-corrected chi connectivity index (χ0v) is 17.6. The Balaban J connectivity index is 1.58. The molecule has 1 aliphatic rings.